The number of carboxylic acid groups (broad SMARTS) is 1. The number of halogens is 1. The van der Waals surface area contributed by atoms with Gasteiger partial charge in [0.1, 0.15) is 0 Å². The maximum atomic E-state index is 10.2. The second-order valence-corrected chi connectivity index (χ2v) is 2.39. The van der Waals surface area contributed by atoms with E-state index in [-0.39, 0.29) is 19.0 Å². The first-order chi connectivity index (χ1) is 3.50. The Kier molecular flexibility index (Phi) is 4.72. The maximum Gasteiger partial charge on any atom is 0.310 e. The number of rotatable bonds is 2. The van der Waals surface area contributed by atoms with Crippen molar-refractivity contribution in [3.05, 3.63) is 0 Å². The molecule has 0 aliphatic rings. The first kappa shape index (κ1) is 11.5. The summed E-state index contributed by atoms with van der Waals surface area (Å²) in [6.07, 6.45) is 0. The van der Waals surface area contributed by atoms with Gasteiger partial charge < -0.3 is 10.8 Å². The van der Waals surface area contributed by atoms with Crippen LogP contribution in [0, 0.1) is 5.41 Å². The van der Waals surface area contributed by atoms with Crippen LogP contribution in [0.25, 0.3) is 0 Å². The van der Waals surface area contributed by atoms with E-state index in [0.29, 0.717) is 0 Å². The third-order valence-corrected chi connectivity index (χ3v) is 1.09. The molecule has 0 fully saturated rings. The van der Waals surface area contributed by atoms with E-state index in [0.717, 1.165) is 0 Å². The van der Waals surface area contributed by atoms with Gasteiger partial charge in [0.15, 0.2) is 0 Å². The highest BCUT2D eigenvalue weighted by atomic mass is 35.5. The molecule has 0 amide bonds. The number of carbonyl (C=O) groups is 1. The van der Waals surface area contributed by atoms with Crippen LogP contribution in [0.15, 0.2) is 0 Å². The molecule has 3 nitrogen and oxygen atoms in total. The van der Waals surface area contributed by atoms with Gasteiger partial charge >= 0.3 is 5.97 Å². The molecule has 0 spiro atoms. The van der Waals surface area contributed by atoms with Crippen molar-refractivity contribution in [3.63, 3.8) is 0 Å². The van der Waals surface area contributed by atoms with Gasteiger partial charge in [-0.05, 0) is 13.8 Å². The van der Waals surface area contributed by atoms with Crippen LogP contribution < -0.4 is 5.73 Å². The summed E-state index contributed by atoms with van der Waals surface area (Å²) in [5, 5.41) is 8.36. The Hall–Kier alpha value is -0.280. The number of hydrogen-bond donors (Lipinski definition) is 2. The lowest BCUT2D eigenvalue weighted by Gasteiger charge is -2.14. The van der Waals surface area contributed by atoms with Crippen molar-refractivity contribution in [1.82, 2.24) is 0 Å². The number of aliphatic carboxylic acids is 1. The molecule has 0 bridgehead atoms. The highest BCUT2D eigenvalue weighted by Crippen LogP contribution is 2.10. The van der Waals surface area contributed by atoms with Crippen molar-refractivity contribution in [2.45, 2.75) is 13.8 Å². The van der Waals surface area contributed by atoms with E-state index in [1.54, 1.807) is 13.8 Å². The van der Waals surface area contributed by atoms with Crippen molar-refractivity contribution in [3.8, 4) is 0 Å². The minimum absolute atomic E-state index is 0. The van der Waals surface area contributed by atoms with Crippen molar-refractivity contribution in [2.75, 3.05) is 6.54 Å². The topological polar surface area (TPSA) is 63.3 Å². The van der Waals surface area contributed by atoms with E-state index in [9.17, 15) is 4.79 Å². The molecule has 0 aliphatic carbocycles. The van der Waals surface area contributed by atoms with Gasteiger partial charge in [0.2, 0.25) is 0 Å². The Balaban J connectivity index is 0. The normalized spacial score (nSPS) is 10.1. The highest BCUT2D eigenvalue weighted by molar-refractivity contribution is 5.85. The molecule has 0 heterocycles. The first-order valence-corrected chi connectivity index (χ1v) is 2.44. The molecule has 0 aromatic rings. The summed E-state index contributed by atoms with van der Waals surface area (Å²) in [4.78, 5) is 10.2. The van der Waals surface area contributed by atoms with Gasteiger partial charge in [-0.1, -0.05) is 0 Å². The second kappa shape index (κ2) is 3.69. The Morgan fingerprint density at radius 2 is 2.00 bits per heavy atom. The zero-order chi connectivity index (χ0) is 6.78. The fraction of sp³-hybridized carbons (Fsp3) is 0.800. The average molecular weight is 154 g/mol. The molecule has 0 radical (unpaired) electrons. The monoisotopic (exact) mass is 153 g/mol. The first-order valence-electron chi connectivity index (χ1n) is 2.44. The summed E-state index contributed by atoms with van der Waals surface area (Å²) in [6, 6.07) is 0. The standard InChI is InChI=1S/C5H11NO2.ClH/c1-5(2,3-6)4(7)8;/h3,6H2,1-2H3,(H,7,8);1H. The van der Waals surface area contributed by atoms with Gasteiger partial charge in [0.05, 0.1) is 5.41 Å². The highest BCUT2D eigenvalue weighted by Gasteiger charge is 2.24. The van der Waals surface area contributed by atoms with E-state index in [1.165, 1.54) is 0 Å². The lowest BCUT2D eigenvalue weighted by atomic mass is 9.95. The van der Waals surface area contributed by atoms with Gasteiger partial charge in [-0.15, -0.1) is 12.4 Å². The predicted octanol–water partition coefficient (Wildman–Crippen LogP) is 0.478. The van der Waals surface area contributed by atoms with Crippen molar-refractivity contribution in [1.29, 1.82) is 0 Å². The van der Waals surface area contributed by atoms with Crippen LogP contribution in [0.4, 0.5) is 0 Å². The SMILES string of the molecule is CC(C)(CN)C(=O)O.Cl. The van der Waals surface area contributed by atoms with E-state index in [2.05, 4.69) is 0 Å². The number of hydrogen-bond acceptors (Lipinski definition) is 2. The average Bonchev–Trinajstić information content (AvgIpc) is 1.67. The summed E-state index contributed by atoms with van der Waals surface area (Å²) in [7, 11) is 0. The number of nitrogens with two attached hydrogens (primary N) is 1. The third kappa shape index (κ3) is 3.32. The van der Waals surface area contributed by atoms with E-state index in [1.807, 2.05) is 0 Å². The van der Waals surface area contributed by atoms with Crippen molar-refractivity contribution >= 4 is 18.4 Å². The summed E-state index contributed by atoms with van der Waals surface area (Å²) in [5.74, 6) is -0.847. The molecule has 4 heteroatoms. The molecule has 0 rings (SSSR count). The van der Waals surface area contributed by atoms with Gasteiger partial charge in [-0.3, -0.25) is 4.79 Å². The summed E-state index contributed by atoms with van der Waals surface area (Å²) in [6.45, 7) is 3.37. The molecular weight excluding hydrogens is 142 g/mol. The van der Waals surface area contributed by atoms with E-state index >= 15 is 0 Å². The van der Waals surface area contributed by atoms with Crippen LogP contribution in [-0.2, 0) is 4.79 Å². The largest absolute Gasteiger partial charge is 0.481 e. The molecular formula is C5H12ClNO2. The second-order valence-electron chi connectivity index (χ2n) is 2.39. The number of carboxylic acids is 1. The summed E-state index contributed by atoms with van der Waals surface area (Å²) >= 11 is 0. The van der Waals surface area contributed by atoms with Gasteiger partial charge in [-0.2, -0.15) is 0 Å². The van der Waals surface area contributed by atoms with E-state index in [4.69, 9.17) is 10.8 Å². The van der Waals surface area contributed by atoms with Gasteiger partial charge in [0.25, 0.3) is 0 Å². The Bertz CT molecular complexity index is 103. The molecule has 9 heavy (non-hydrogen) atoms. The summed E-state index contributed by atoms with van der Waals surface area (Å²) in [5.41, 5.74) is 4.36. The molecule has 0 aromatic carbocycles. The molecule has 56 valence electrons. The minimum Gasteiger partial charge on any atom is -0.481 e. The molecule has 0 atom stereocenters. The Labute approximate surface area is 60.6 Å². The Morgan fingerprint density at radius 3 is 2.00 bits per heavy atom. The lowest BCUT2D eigenvalue weighted by Crippen LogP contribution is -2.32. The van der Waals surface area contributed by atoms with Crippen LogP contribution in [-0.4, -0.2) is 17.6 Å². The quantitative estimate of drug-likeness (QED) is 0.607. The third-order valence-electron chi connectivity index (χ3n) is 1.09. The van der Waals surface area contributed by atoms with Crippen molar-refractivity contribution in [2.24, 2.45) is 11.1 Å². The fourth-order valence-electron chi connectivity index (χ4n) is 0.0873. The Morgan fingerprint density at radius 1 is 1.67 bits per heavy atom. The maximum absolute atomic E-state index is 10.2. The minimum atomic E-state index is -0.847. The zero-order valence-electron chi connectivity index (χ0n) is 5.55. The zero-order valence-corrected chi connectivity index (χ0v) is 6.36. The molecule has 0 saturated carbocycles. The molecule has 0 aliphatic heterocycles. The van der Waals surface area contributed by atoms with Crippen LogP contribution in [0.2, 0.25) is 0 Å². The van der Waals surface area contributed by atoms with Gasteiger partial charge in [-0.25, -0.2) is 0 Å². The van der Waals surface area contributed by atoms with Crippen LogP contribution in [0.5, 0.6) is 0 Å². The van der Waals surface area contributed by atoms with Crippen LogP contribution >= 0.6 is 12.4 Å². The van der Waals surface area contributed by atoms with E-state index < -0.39 is 11.4 Å². The lowest BCUT2D eigenvalue weighted by molar-refractivity contribution is -0.146. The predicted molar refractivity (Wildman–Crippen MR) is 37.7 cm³/mol. The fourth-order valence-corrected chi connectivity index (χ4v) is 0.0873. The van der Waals surface area contributed by atoms with Gasteiger partial charge in [0, 0.05) is 6.54 Å². The molecule has 3 N–H and O–H groups in total. The molecule has 0 unspecified atom stereocenters. The van der Waals surface area contributed by atoms with Crippen LogP contribution in [0.3, 0.4) is 0 Å². The van der Waals surface area contributed by atoms with Crippen molar-refractivity contribution < 1.29 is 9.90 Å². The smallest absolute Gasteiger partial charge is 0.310 e. The molecule has 0 aromatic heterocycles. The summed E-state index contributed by atoms with van der Waals surface area (Å²) < 4.78 is 0. The molecule has 0 saturated heterocycles. The van der Waals surface area contributed by atoms with Crippen LogP contribution in [0.1, 0.15) is 13.8 Å².